The molecule has 0 radical (unpaired) electrons. The summed E-state index contributed by atoms with van der Waals surface area (Å²) in [5.74, 6) is -1.52. The van der Waals surface area contributed by atoms with Crippen LogP contribution in [-0.4, -0.2) is 23.6 Å². The second-order valence-corrected chi connectivity index (χ2v) is 5.77. The number of carbonyl (C=O) groups is 2. The summed E-state index contributed by atoms with van der Waals surface area (Å²) in [5, 5.41) is 7.18. The lowest BCUT2D eigenvalue weighted by Gasteiger charge is -2.07. The molecule has 1 saturated carbocycles. The van der Waals surface area contributed by atoms with Gasteiger partial charge in [0.15, 0.2) is 0 Å². The second-order valence-electron chi connectivity index (χ2n) is 4.61. The predicted molar refractivity (Wildman–Crippen MR) is 83.0 cm³/mol. The predicted octanol–water partition coefficient (Wildman–Crippen LogP) is 2.77. The Kier molecular flexibility index (Phi) is 5.08. The van der Waals surface area contributed by atoms with Gasteiger partial charge >= 0.3 is 11.8 Å². The smallest absolute Gasteiger partial charge is 0.329 e. The van der Waals surface area contributed by atoms with Gasteiger partial charge in [-0.2, -0.15) is 5.10 Å². The molecule has 0 aromatic heterocycles. The standard InChI is InChI=1S/C13H12Cl3N3O2/c1-6(8-4-5-9(14)11(16)10(8)15)18-19-13(21)12(20)17-7-2-3-7/h4-5,7H,2-3H2,1H3,(H,17,20)(H,19,21)/b18-6-. The summed E-state index contributed by atoms with van der Waals surface area (Å²) in [5.41, 5.74) is 3.11. The first-order chi connectivity index (χ1) is 9.90. The van der Waals surface area contributed by atoms with Gasteiger partial charge in [0.2, 0.25) is 0 Å². The lowest BCUT2D eigenvalue weighted by molar-refractivity contribution is -0.139. The van der Waals surface area contributed by atoms with E-state index < -0.39 is 11.8 Å². The maximum atomic E-state index is 11.5. The molecule has 21 heavy (non-hydrogen) atoms. The Balaban J connectivity index is 2.05. The number of nitrogens with zero attached hydrogens (tertiary/aromatic N) is 1. The van der Waals surface area contributed by atoms with Crippen molar-refractivity contribution in [3.63, 3.8) is 0 Å². The number of nitrogens with one attached hydrogen (secondary N) is 2. The molecule has 2 amide bonds. The van der Waals surface area contributed by atoms with Gasteiger partial charge in [-0.3, -0.25) is 9.59 Å². The van der Waals surface area contributed by atoms with E-state index in [1.807, 2.05) is 0 Å². The molecular formula is C13H12Cl3N3O2. The molecule has 1 aliphatic carbocycles. The van der Waals surface area contributed by atoms with Crippen LogP contribution in [-0.2, 0) is 9.59 Å². The van der Waals surface area contributed by atoms with Crippen molar-refractivity contribution in [2.75, 3.05) is 0 Å². The number of hydrogen-bond donors (Lipinski definition) is 2. The molecule has 0 spiro atoms. The number of benzene rings is 1. The van der Waals surface area contributed by atoms with Crippen molar-refractivity contribution in [3.05, 3.63) is 32.8 Å². The average Bonchev–Trinajstić information content (AvgIpc) is 3.25. The van der Waals surface area contributed by atoms with Gasteiger partial charge in [-0.25, -0.2) is 5.43 Å². The zero-order valence-electron chi connectivity index (χ0n) is 11.0. The molecule has 1 aromatic rings. The first kappa shape index (κ1) is 16.1. The molecular weight excluding hydrogens is 337 g/mol. The van der Waals surface area contributed by atoms with Gasteiger partial charge < -0.3 is 5.32 Å². The van der Waals surface area contributed by atoms with E-state index in [0.29, 0.717) is 16.3 Å². The van der Waals surface area contributed by atoms with Gasteiger partial charge in [0.25, 0.3) is 0 Å². The highest BCUT2D eigenvalue weighted by molar-refractivity contribution is 6.49. The number of hydrogen-bond acceptors (Lipinski definition) is 3. The summed E-state index contributed by atoms with van der Waals surface area (Å²) in [6.45, 7) is 1.63. The van der Waals surface area contributed by atoms with E-state index in [9.17, 15) is 9.59 Å². The van der Waals surface area contributed by atoms with Gasteiger partial charge in [-0.15, -0.1) is 0 Å². The topological polar surface area (TPSA) is 70.6 Å². The largest absolute Gasteiger partial charge is 0.345 e. The second kappa shape index (κ2) is 6.64. The molecule has 1 fully saturated rings. The van der Waals surface area contributed by atoms with E-state index in [0.717, 1.165) is 12.8 Å². The third-order valence-corrected chi connectivity index (χ3v) is 4.16. The lowest BCUT2D eigenvalue weighted by atomic mass is 10.1. The van der Waals surface area contributed by atoms with Crippen LogP contribution in [0.4, 0.5) is 0 Å². The van der Waals surface area contributed by atoms with E-state index in [2.05, 4.69) is 15.8 Å². The van der Waals surface area contributed by atoms with Gasteiger partial charge in [-0.05, 0) is 25.8 Å². The van der Waals surface area contributed by atoms with Crippen LogP contribution >= 0.6 is 34.8 Å². The molecule has 0 aliphatic heterocycles. The third-order valence-electron chi connectivity index (χ3n) is 2.87. The number of amides is 2. The van der Waals surface area contributed by atoms with E-state index in [-0.39, 0.29) is 16.1 Å². The van der Waals surface area contributed by atoms with Crippen LogP contribution in [0.25, 0.3) is 0 Å². The van der Waals surface area contributed by atoms with Crippen molar-refractivity contribution >= 4 is 52.3 Å². The van der Waals surface area contributed by atoms with Crippen molar-refractivity contribution < 1.29 is 9.59 Å². The molecule has 112 valence electrons. The molecule has 0 bridgehead atoms. The lowest BCUT2D eigenvalue weighted by Crippen LogP contribution is -2.39. The average molecular weight is 349 g/mol. The maximum Gasteiger partial charge on any atom is 0.329 e. The van der Waals surface area contributed by atoms with Crippen LogP contribution in [0.15, 0.2) is 17.2 Å². The number of rotatable bonds is 3. The van der Waals surface area contributed by atoms with Crippen LogP contribution in [0.2, 0.25) is 15.1 Å². The zero-order chi connectivity index (χ0) is 15.6. The fourth-order valence-corrected chi connectivity index (χ4v) is 2.20. The molecule has 0 unspecified atom stereocenters. The van der Waals surface area contributed by atoms with Crippen molar-refractivity contribution in [2.24, 2.45) is 5.10 Å². The first-order valence-electron chi connectivity index (χ1n) is 6.19. The summed E-state index contributed by atoms with van der Waals surface area (Å²) in [7, 11) is 0. The minimum Gasteiger partial charge on any atom is -0.345 e. The highest BCUT2D eigenvalue weighted by Crippen LogP contribution is 2.32. The molecule has 1 aliphatic rings. The van der Waals surface area contributed by atoms with E-state index in [1.165, 1.54) is 0 Å². The first-order valence-corrected chi connectivity index (χ1v) is 7.32. The van der Waals surface area contributed by atoms with Crippen LogP contribution in [0, 0.1) is 0 Å². The monoisotopic (exact) mass is 347 g/mol. The molecule has 0 heterocycles. The Morgan fingerprint density at radius 1 is 1.14 bits per heavy atom. The minimum absolute atomic E-state index is 0.109. The fraction of sp³-hybridized carbons (Fsp3) is 0.308. The molecule has 2 rings (SSSR count). The van der Waals surface area contributed by atoms with Crippen molar-refractivity contribution in [1.82, 2.24) is 10.7 Å². The molecule has 2 N–H and O–H groups in total. The summed E-state index contributed by atoms with van der Waals surface area (Å²) in [6.07, 6.45) is 1.81. The van der Waals surface area contributed by atoms with Crippen molar-refractivity contribution in [2.45, 2.75) is 25.8 Å². The Labute approximate surface area is 136 Å². The summed E-state index contributed by atoms with van der Waals surface area (Å²) in [6, 6.07) is 3.32. The van der Waals surface area contributed by atoms with Crippen LogP contribution in [0.5, 0.6) is 0 Å². The summed E-state index contributed by atoms with van der Waals surface area (Å²) >= 11 is 17.8. The van der Waals surface area contributed by atoms with E-state index in [4.69, 9.17) is 34.8 Å². The zero-order valence-corrected chi connectivity index (χ0v) is 13.3. The van der Waals surface area contributed by atoms with E-state index in [1.54, 1.807) is 19.1 Å². The van der Waals surface area contributed by atoms with Crippen LogP contribution < -0.4 is 10.7 Å². The Hall–Kier alpha value is -1.30. The molecule has 5 nitrogen and oxygen atoms in total. The van der Waals surface area contributed by atoms with Gasteiger partial charge in [-0.1, -0.05) is 40.9 Å². The summed E-state index contributed by atoms with van der Waals surface area (Å²) < 4.78 is 0. The number of halogens is 3. The number of hydrazone groups is 1. The summed E-state index contributed by atoms with van der Waals surface area (Å²) in [4.78, 5) is 23.0. The van der Waals surface area contributed by atoms with E-state index >= 15 is 0 Å². The fourth-order valence-electron chi connectivity index (χ4n) is 1.53. The number of carbonyl (C=O) groups excluding carboxylic acids is 2. The van der Waals surface area contributed by atoms with Gasteiger partial charge in [0, 0.05) is 11.6 Å². The van der Waals surface area contributed by atoms with Gasteiger partial charge in [0.1, 0.15) is 0 Å². The minimum atomic E-state index is -0.822. The van der Waals surface area contributed by atoms with Crippen LogP contribution in [0.1, 0.15) is 25.3 Å². The Bertz CT molecular complexity index is 627. The molecule has 0 atom stereocenters. The molecule has 8 heteroatoms. The van der Waals surface area contributed by atoms with Gasteiger partial charge in [0.05, 0.1) is 20.8 Å². The third kappa shape index (κ3) is 4.09. The quantitative estimate of drug-likeness (QED) is 0.382. The van der Waals surface area contributed by atoms with Crippen molar-refractivity contribution in [3.8, 4) is 0 Å². The Morgan fingerprint density at radius 2 is 1.81 bits per heavy atom. The highest BCUT2D eigenvalue weighted by atomic mass is 35.5. The SMILES string of the molecule is C/C(=N/NC(=O)C(=O)NC1CC1)c1ccc(Cl)c(Cl)c1Cl. The highest BCUT2D eigenvalue weighted by Gasteiger charge is 2.26. The maximum absolute atomic E-state index is 11.5. The molecule has 1 aromatic carbocycles. The normalized spacial score (nSPS) is 14.8. The van der Waals surface area contributed by atoms with Crippen LogP contribution in [0.3, 0.4) is 0 Å². The van der Waals surface area contributed by atoms with Crippen molar-refractivity contribution in [1.29, 1.82) is 0 Å². The molecule has 0 saturated heterocycles. The Morgan fingerprint density at radius 3 is 2.43 bits per heavy atom.